The monoisotopic (exact) mass is 399 g/mol. The van der Waals surface area contributed by atoms with Gasteiger partial charge in [0.05, 0.1) is 24.2 Å². The Morgan fingerprint density at radius 2 is 1.93 bits per heavy atom. The summed E-state index contributed by atoms with van der Waals surface area (Å²) in [5.74, 6) is -0.113. The number of methoxy groups -OCH3 is 1. The summed E-state index contributed by atoms with van der Waals surface area (Å²) >= 11 is 0. The van der Waals surface area contributed by atoms with E-state index in [-0.39, 0.29) is 6.54 Å². The molecule has 0 saturated carbocycles. The fraction of sp³-hybridized carbons (Fsp3) is 0.400. The topological polar surface area (TPSA) is 116 Å². The molecule has 1 aliphatic rings. The number of nitrogens with one attached hydrogen (secondary N) is 3. The molecule has 0 radical (unpaired) electrons. The number of amides is 4. The molecule has 1 fully saturated rings. The molecule has 1 aromatic heterocycles. The first-order valence-corrected chi connectivity index (χ1v) is 9.32. The van der Waals surface area contributed by atoms with E-state index in [9.17, 15) is 14.4 Å². The zero-order valence-electron chi connectivity index (χ0n) is 17.0. The van der Waals surface area contributed by atoms with Crippen LogP contribution in [-0.2, 0) is 16.0 Å². The van der Waals surface area contributed by atoms with Crippen molar-refractivity contribution in [3.05, 3.63) is 41.2 Å². The number of aromatic nitrogens is 2. The van der Waals surface area contributed by atoms with Gasteiger partial charge in [-0.25, -0.2) is 4.79 Å². The smallest absolute Gasteiger partial charge is 0.325 e. The molecule has 9 heteroatoms. The van der Waals surface area contributed by atoms with Gasteiger partial charge < -0.3 is 15.4 Å². The van der Waals surface area contributed by atoms with Gasteiger partial charge in [0.2, 0.25) is 5.91 Å². The molecule has 3 rings (SSSR count). The maximum absolute atomic E-state index is 12.9. The number of ether oxygens (including phenoxy) is 1. The third-order valence-electron chi connectivity index (χ3n) is 5.11. The Bertz CT molecular complexity index is 917. The van der Waals surface area contributed by atoms with Gasteiger partial charge in [0.1, 0.15) is 17.8 Å². The van der Waals surface area contributed by atoms with Crippen LogP contribution in [0.3, 0.4) is 0 Å². The molecule has 1 aromatic carbocycles. The van der Waals surface area contributed by atoms with E-state index in [1.807, 2.05) is 24.3 Å². The average molecular weight is 399 g/mol. The van der Waals surface area contributed by atoms with E-state index in [1.54, 1.807) is 27.9 Å². The lowest BCUT2D eigenvalue weighted by Gasteiger charge is -2.21. The maximum atomic E-state index is 12.9. The largest absolute Gasteiger partial charge is 0.497 e. The Kier molecular flexibility index (Phi) is 5.58. The lowest BCUT2D eigenvalue weighted by atomic mass is 9.93. The van der Waals surface area contributed by atoms with Gasteiger partial charge in [0.15, 0.2) is 0 Å². The minimum atomic E-state index is -1.06. The molecule has 1 saturated heterocycles. The van der Waals surface area contributed by atoms with Gasteiger partial charge in [0, 0.05) is 0 Å². The summed E-state index contributed by atoms with van der Waals surface area (Å²) in [7, 11) is 1.60. The molecule has 1 unspecified atom stereocenters. The van der Waals surface area contributed by atoms with Crippen LogP contribution in [0.1, 0.15) is 30.3 Å². The molecule has 0 bridgehead atoms. The number of H-pyrrole nitrogens is 1. The van der Waals surface area contributed by atoms with E-state index < -0.39 is 23.4 Å². The number of aromatic amines is 1. The summed E-state index contributed by atoms with van der Waals surface area (Å²) in [6.07, 6.45) is 1.02. The number of benzene rings is 1. The molecule has 1 aliphatic heterocycles. The highest BCUT2D eigenvalue weighted by molar-refractivity contribution is 6.10. The lowest BCUT2D eigenvalue weighted by molar-refractivity contribution is -0.133. The predicted octanol–water partition coefficient (Wildman–Crippen LogP) is 1.92. The second-order valence-electron chi connectivity index (χ2n) is 7.36. The molecule has 1 atom stereocenters. The van der Waals surface area contributed by atoms with Gasteiger partial charge in [-0.05, 0) is 51.3 Å². The predicted molar refractivity (Wildman–Crippen MR) is 107 cm³/mol. The number of rotatable bonds is 7. The van der Waals surface area contributed by atoms with Crippen molar-refractivity contribution >= 4 is 23.5 Å². The summed E-state index contributed by atoms with van der Waals surface area (Å²) in [6, 6.07) is 6.98. The zero-order valence-corrected chi connectivity index (χ0v) is 17.0. The minimum Gasteiger partial charge on any atom is -0.497 e. The van der Waals surface area contributed by atoms with Crippen LogP contribution in [0.15, 0.2) is 24.3 Å². The van der Waals surface area contributed by atoms with Gasteiger partial charge in [-0.2, -0.15) is 5.10 Å². The molecule has 0 aliphatic carbocycles. The molecule has 2 aromatic rings. The van der Waals surface area contributed by atoms with Crippen LogP contribution in [0.5, 0.6) is 5.75 Å². The van der Waals surface area contributed by atoms with Crippen molar-refractivity contribution in [2.45, 2.75) is 39.2 Å². The summed E-state index contributed by atoms with van der Waals surface area (Å²) in [4.78, 5) is 38.5. The number of carbonyl (C=O) groups excluding carboxylic acids is 3. The van der Waals surface area contributed by atoms with E-state index in [1.165, 1.54) is 0 Å². The number of hydrogen-bond donors (Lipinski definition) is 3. The summed E-state index contributed by atoms with van der Waals surface area (Å²) in [5.41, 5.74) is 1.87. The van der Waals surface area contributed by atoms with Crippen molar-refractivity contribution in [3.8, 4) is 5.75 Å². The molecule has 29 heavy (non-hydrogen) atoms. The fourth-order valence-electron chi connectivity index (χ4n) is 3.30. The van der Waals surface area contributed by atoms with Crippen molar-refractivity contribution in [3.63, 3.8) is 0 Å². The molecule has 0 spiro atoms. The molecular formula is C20H25N5O4. The lowest BCUT2D eigenvalue weighted by Crippen LogP contribution is -2.45. The SMILES string of the molecule is COc1ccc(CCC2(C)NC(=O)N(CC(=O)Nc3c(C)n[nH]c3C)C2=O)cc1. The van der Waals surface area contributed by atoms with Crippen LogP contribution in [0.4, 0.5) is 10.5 Å². The average Bonchev–Trinajstić information content (AvgIpc) is 3.12. The highest BCUT2D eigenvalue weighted by atomic mass is 16.5. The summed E-state index contributed by atoms with van der Waals surface area (Å²) in [6.45, 7) is 4.86. The second kappa shape index (κ2) is 7.94. The number of anilines is 1. The van der Waals surface area contributed by atoms with Crippen LogP contribution >= 0.6 is 0 Å². The van der Waals surface area contributed by atoms with Crippen LogP contribution in [0.2, 0.25) is 0 Å². The molecule has 9 nitrogen and oxygen atoms in total. The number of aryl methyl sites for hydroxylation is 3. The Morgan fingerprint density at radius 1 is 1.24 bits per heavy atom. The third-order valence-corrected chi connectivity index (χ3v) is 5.11. The van der Waals surface area contributed by atoms with Gasteiger partial charge in [-0.15, -0.1) is 0 Å². The Morgan fingerprint density at radius 3 is 2.52 bits per heavy atom. The standard InChI is InChI=1S/C20H25N5O4/c1-12-17(13(2)24-23-12)21-16(26)11-25-18(27)20(3,22-19(25)28)10-9-14-5-7-15(29-4)8-6-14/h5-8H,9-11H2,1-4H3,(H,21,26)(H,22,28)(H,23,24). The quantitative estimate of drug-likeness (QED) is 0.615. The van der Waals surface area contributed by atoms with E-state index in [0.717, 1.165) is 16.2 Å². The van der Waals surface area contributed by atoms with Crippen molar-refractivity contribution in [2.24, 2.45) is 0 Å². The van der Waals surface area contributed by atoms with Gasteiger partial charge in [-0.3, -0.25) is 19.6 Å². The van der Waals surface area contributed by atoms with E-state index >= 15 is 0 Å². The second-order valence-corrected chi connectivity index (χ2v) is 7.36. The first-order valence-electron chi connectivity index (χ1n) is 9.32. The van der Waals surface area contributed by atoms with Crippen LogP contribution in [0, 0.1) is 13.8 Å². The zero-order chi connectivity index (χ0) is 21.2. The molecular weight excluding hydrogens is 374 g/mol. The van der Waals surface area contributed by atoms with Crippen molar-refractivity contribution in [1.82, 2.24) is 20.4 Å². The number of imide groups is 1. The molecule has 4 amide bonds. The Labute approximate surface area is 168 Å². The van der Waals surface area contributed by atoms with Crippen molar-refractivity contribution in [2.75, 3.05) is 19.0 Å². The Balaban J connectivity index is 1.62. The van der Waals surface area contributed by atoms with Gasteiger partial charge >= 0.3 is 6.03 Å². The van der Waals surface area contributed by atoms with Crippen molar-refractivity contribution in [1.29, 1.82) is 0 Å². The summed E-state index contributed by atoms with van der Waals surface area (Å²) < 4.78 is 5.14. The number of hydrogen-bond acceptors (Lipinski definition) is 5. The molecule has 154 valence electrons. The molecule has 2 heterocycles. The van der Waals surface area contributed by atoms with Crippen molar-refractivity contribution < 1.29 is 19.1 Å². The highest BCUT2D eigenvalue weighted by Gasteiger charge is 2.47. The Hall–Kier alpha value is -3.36. The maximum Gasteiger partial charge on any atom is 0.325 e. The normalized spacial score (nSPS) is 18.7. The fourth-order valence-corrected chi connectivity index (χ4v) is 3.30. The van der Waals surface area contributed by atoms with E-state index in [0.29, 0.717) is 29.9 Å². The van der Waals surface area contributed by atoms with E-state index in [4.69, 9.17) is 4.74 Å². The van der Waals surface area contributed by atoms with Crippen LogP contribution in [-0.4, -0.2) is 52.1 Å². The third kappa shape index (κ3) is 4.23. The first-order chi connectivity index (χ1) is 13.7. The summed E-state index contributed by atoms with van der Waals surface area (Å²) in [5, 5.41) is 12.2. The molecule has 3 N–H and O–H groups in total. The first kappa shape index (κ1) is 20.4. The van der Waals surface area contributed by atoms with E-state index in [2.05, 4.69) is 20.8 Å². The minimum absolute atomic E-state index is 0.354. The number of urea groups is 1. The number of carbonyl (C=O) groups is 3. The van der Waals surface area contributed by atoms with Crippen LogP contribution in [0.25, 0.3) is 0 Å². The van der Waals surface area contributed by atoms with Gasteiger partial charge in [-0.1, -0.05) is 12.1 Å². The number of nitrogens with zero attached hydrogens (tertiary/aromatic N) is 2. The highest BCUT2D eigenvalue weighted by Crippen LogP contribution is 2.24. The van der Waals surface area contributed by atoms with Gasteiger partial charge in [0.25, 0.3) is 5.91 Å². The van der Waals surface area contributed by atoms with Crippen LogP contribution < -0.4 is 15.4 Å².